The molecule has 1 fully saturated rings. The zero-order valence-corrected chi connectivity index (χ0v) is 26.9. The molecule has 3 amide bonds. The summed E-state index contributed by atoms with van der Waals surface area (Å²) in [4.78, 5) is 50.3. The quantitative estimate of drug-likeness (QED) is 0.241. The minimum Gasteiger partial charge on any atom is -0.494 e. The molecule has 236 valence electrons. The number of benzene rings is 2. The van der Waals surface area contributed by atoms with Crippen LogP contribution in [0.2, 0.25) is 10.0 Å². The summed E-state index contributed by atoms with van der Waals surface area (Å²) < 4.78 is 20.3. The molecule has 44 heavy (non-hydrogen) atoms. The van der Waals surface area contributed by atoms with Gasteiger partial charge in [0, 0.05) is 18.0 Å². The number of anilines is 3. The largest absolute Gasteiger partial charge is 0.494 e. The van der Waals surface area contributed by atoms with Crippen molar-refractivity contribution in [2.75, 3.05) is 31.3 Å². The Balaban J connectivity index is 1.62. The maximum atomic E-state index is 14.8. The summed E-state index contributed by atoms with van der Waals surface area (Å²) in [6.45, 7) is 7.66. The van der Waals surface area contributed by atoms with Crippen LogP contribution in [-0.4, -0.2) is 71.4 Å². The number of rotatable bonds is 9. The first-order valence-corrected chi connectivity index (χ1v) is 14.8. The molecule has 0 saturated carbocycles. The van der Waals surface area contributed by atoms with Crippen LogP contribution in [0.15, 0.2) is 30.6 Å². The van der Waals surface area contributed by atoms with Crippen molar-refractivity contribution in [3.8, 4) is 5.75 Å². The van der Waals surface area contributed by atoms with Crippen LogP contribution < -0.4 is 26.0 Å². The Kier molecular flexibility index (Phi) is 10.2. The van der Waals surface area contributed by atoms with E-state index in [2.05, 4.69) is 31.2 Å². The molecule has 3 atom stereocenters. The number of halogens is 3. The zero-order valence-electron chi connectivity index (χ0n) is 25.3. The Morgan fingerprint density at radius 2 is 1.86 bits per heavy atom. The minimum atomic E-state index is -0.845. The van der Waals surface area contributed by atoms with Gasteiger partial charge in [-0.1, -0.05) is 44.0 Å². The number of carbonyl (C=O) groups is 3. The lowest BCUT2D eigenvalue weighted by molar-refractivity contribution is -0.143. The lowest BCUT2D eigenvalue weighted by atomic mass is 9.85. The van der Waals surface area contributed by atoms with Gasteiger partial charge in [-0.25, -0.2) is 14.4 Å². The fraction of sp³-hybridized carbons (Fsp3) is 0.433. The number of hydrogen-bond donors (Lipinski definition) is 4. The molecule has 2 aromatic carbocycles. The van der Waals surface area contributed by atoms with Gasteiger partial charge in [-0.15, -0.1) is 0 Å². The summed E-state index contributed by atoms with van der Waals surface area (Å²) in [5.41, 5.74) is 0.212. The molecule has 1 saturated heterocycles. The highest BCUT2D eigenvalue weighted by Gasteiger charge is 2.42. The molecule has 0 bridgehead atoms. The standard InChI is InChI=1S/C30H36Cl2FN7O4/c1-15(34-5)27(41)39-25(30(2,3)4)29(43)40-11-7-8-21(40)28(42)38-20-12-16-19(13-22(20)44-6)35-14-36-26(16)37-18-10-9-17(31)23(32)24(18)33/h9-10,12-15,21,25,34H,7-8,11H2,1-6H3,(H,38,42)(H,39,41)(H,35,36,37). The highest BCUT2D eigenvalue weighted by Crippen LogP contribution is 2.36. The lowest BCUT2D eigenvalue weighted by Gasteiger charge is -2.36. The molecule has 0 aliphatic carbocycles. The normalized spacial score (nSPS) is 16.4. The van der Waals surface area contributed by atoms with Crippen molar-refractivity contribution in [2.24, 2.45) is 5.41 Å². The van der Waals surface area contributed by atoms with Crippen LogP contribution in [-0.2, 0) is 14.4 Å². The highest BCUT2D eigenvalue weighted by atomic mass is 35.5. The van der Waals surface area contributed by atoms with Gasteiger partial charge in [-0.2, -0.15) is 0 Å². The molecule has 14 heteroatoms. The Morgan fingerprint density at radius 3 is 2.52 bits per heavy atom. The van der Waals surface area contributed by atoms with Gasteiger partial charge in [0.05, 0.1) is 40.1 Å². The number of nitrogens with one attached hydrogen (secondary N) is 4. The van der Waals surface area contributed by atoms with Crippen LogP contribution in [0.5, 0.6) is 5.75 Å². The Bertz CT molecular complexity index is 1580. The van der Waals surface area contributed by atoms with Crippen molar-refractivity contribution in [1.82, 2.24) is 25.5 Å². The smallest absolute Gasteiger partial charge is 0.247 e. The van der Waals surface area contributed by atoms with E-state index in [4.69, 9.17) is 27.9 Å². The van der Waals surface area contributed by atoms with Crippen molar-refractivity contribution >= 4 is 69.0 Å². The van der Waals surface area contributed by atoms with E-state index in [1.807, 2.05) is 20.8 Å². The molecule has 3 aromatic rings. The third-order valence-corrected chi connectivity index (χ3v) is 8.35. The number of likely N-dealkylation sites (tertiary alicyclic amines) is 1. The summed E-state index contributed by atoms with van der Waals surface area (Å²) in [7, 11) is 3.12. The van der Waals surface area contributed by atoms with E-state index in [9.17, 15) is 18.8 Å². The number of methoxy groups -OCH3 is 1. The molecule has 0 radical (unpaired) electrons. The van der Waals surface area contributed by atoms with Crippen molar-refractivity contribution in [2.45, 2.75) is 58.7 Å². The van der Waals surface area contributed by atoms with E-state index in [1.165, 1.54) is 30.5 Å². The van der Waals surface area contributed by atoms with Gasteiger partial charge in [0.2, 0.25) is 17.7 Å². The first-order chi connectivity index (χ1) is 20.8. The zero-order chi connectivity index (χ0) is 32.3. The average Bonchev–Trinajstić information content (AvgIpc) is 3.49. The Morgan fingerprint density at radius 1 is 1.14 bits per heavy atom. The van der Waals surface area contributed by atoms with Crippen LogP contribution in [0.25, 0.3) is 10.9 Å². The second-order valence-electron chi connectivity index (χ2n) is 11.6. The fourth-order valence-electron chi connectivity index (χ4n) is 4.93. The molecule has 1 aliphatic rings. The number of likely N-dealkylation sites (N-methyl/N-ethyl adjacent to an activating group) is 1. The molecule has 1 aromatic heterocycles. The Hall–Kier alpha value is -3.74. The van der Waals surface area contributed by atoms with Gasteiger partial charge in [-0.3, -0.25) is 14.4 Å². The molecule has 4 N–H and O–H groups in total. The summed E-state index contributed by atoms with van der Waals surface area (Å²) in [6.07, 6.45) is 2.37. The van der Waals surface area contributed by atoms with E-state index >= 15 is 0 Å². The van der Waals surface area contributed by atoms with Crippen LogP contribution in [0.4, 0.5) is 21.6 Å². The van der Waals surface area contributed by atoms with Gasteiger partial charge in [0.25, 0.3) is 0 Å². The van der Waals surface area contributed by atoms with Crippen LogP contribution in [0, 0.1) is 11.2 Å². The second kappa shape index (κ2) is 13.5. The van der Waals surface area contributed by atoms with E-state index in [-0.39, 0.29) is 33.4 Å². The van der Waals surface area contributed by atoms with E-state index in [0.29, 0.717) is 41.7 Å². The van der Waals surface area contributed by atoms with Crippen molar-refractivity contribution < 1.29 is 23.5 Å². The molecule has 4 rings (SSSR count). The third kappa shape index (κ3) is 6.98. The van der Waals surface area contributed by atoms with Crippen LogP contribution >= 0.6 is 23.2 Å². The summed E-state index contributed by atoms with van der Waals surface area (Å²) in [5.74, 6) is -1.23. The predicted molar refractivity (Wildman–Crippen MR) is 169 cm³/mol. The maximum absolute atomic E-state index is 14.8. The van der Waals surface area contributed by atoms with E-state index < -0.39 is 35.3 Å². The van der Waals surface area contributed by atoms with E-state index in [0.717, 1.165) is 0 Å². The number of aromatic nitrogens is 2. The average molecular weight is 649 g/mol. The third-order valence-electron chi connectivity index (χ3n) is 7.57. The van der Waals surface area contributed by atoms with Crippen molar-refractivity contribution in [1.29, 1.82) is 0 Å². The monoisotopic (exact) mass is 647 g/mol. The minimum absolute atomic E-state index is 0.0468. The maximum Gasteiger partial charge on any atom is 0.247 e. The van der Waals surface area contributed by atoms with Gasteiger partial charge in [0.15, 0.2) is 5.82 Å². The SMILES string of the molecule is CNC(C)C(=O)NC(C(=O)N1CCCC1C(=O)Nc1cc2c(Nc3ccc(Cl)c(Cl)c3F)ncnc2cc1OC)C(C)(C)C. The number of nitrogens with zero attached hydrogens (tertiary/aromatic N) is 3. The van der Waals surface area contributed by atoms with Crippen molar-refractivity contribution in [3.05, 3.63) is 46.5 Å². The molecule has 3 unspecified atom stereocenters. The van der Waals surface area contributed by atoms with Gasteiger partial charge >= 0.3 is 0 Å². The molecular formula is C30H36Cl2FN7O4. The predicted octanol–water partition coefficient (Wildman–Crippen LogP) is 4.90. The Labute approximate surface area is 265 Å². The topological polar surface area (TPSA) is 138 Å². The van der Waals surface area contributed by atoms with Crippen LogP contribution in [0.3, 0.4) is 0 Å². The molecular weight excluding hydrogens is 612 g/mol. The number of amides is 3. The first-order valence-electron chi connectivity index (χ1n) is 14.1. The summed E-state index contributed by atoms with van der Waals surface area (Å²) in [6, 6.07) is 4.00. The number of fused-ring (bicyclic) bond motifs is 1. The first kappa shape index (κ1) is 33.2. The summed E-state index contributed by atoms with van der Waals surface area (Å²) in [5, 5.41) is 11.8. The molecule has 1 aliphatic heterocycles. The lowest BCUT2D eigenvalue weighted by Crippen LogP contribution is -2.59. The van der Waals surface area contributed by atoms with Crippen molar-refractivity contribution in [3.63, 3.8) is 0 Å². The second-order valence-corrected chi connectivity index (χ2v) is 12.4. The molecule has 11 nitrogen and oxygen atoms in total. The number of ether oxygens (including phenoxy) is 1. The van der Waals surface area contributed by atoms with Crippen LogP contribution in [0.1, 0.15) is 40.5 Å². The number of carbonyl (C=O) groups excluding carboxylic acids is 3. The number of hydrogen-bond acceptors (Lipinski definition) is 8. The van der Waals surface area contributed by atoms with E-state index in [1.54, 1.807) is 26.1 Å². The van der Waals surface area contributed by atoms with Gasteiger partial charge in [-0.05, 0) is 50.4 Å². The molecule has 2 heterocycles. The van der Waals surface area contributed by atoms with Gasteiger partial charge in [0.1, 0.15) is 30.0 Å². The fourth-order valence-corrected chi connectivity index (χ4v) is 5.24. The van der Waals surface area contributed by atoms with Gasteiger partial charge < -0.3 is 30.9 Å². The highest BCUT2D eigenvalue weighted by molar-refractivity contribution is 6.42. The molecule has 0 spiro atoms. The summed E-state index contributed by atoms with van der Waals surface area (Å²) >= 11 is 11.9.